The molecular formula is C19H31IN6O. The highest BCUT2D eigenvalue weighted by Crippen LogP contribution is 2.15. The molecule has 2 aromatic rings. The van der Waals surface area contributed by atoms with Crippen LogP contribution < -0.4 is 10.6 Å². The summed E-state index contributed by atoms with van der Waals surface area (Å²) in [5.74, 6) is 2.17. The lowest BCUT2D eigenvalue weighted by molar-refractivity contribution is 0.108. The highest BCUT2D eigenvalue weighted by molar-refractivity contribution is 14.0. The van der Waals surface area contributed by atoms with Gasteiger partial charge in [-0.1, -0.05) is 32.0 Å². The van der Waals surface area contributed by atoms with Crippen molar-refractivity contribution in [3.8, 4) is 11.4 Å². The minimum absolute atomic E-state index is 0. The molecule has 0 aliphatic rings. The molecule has 1 aromatic heterocycles. The SMILES string of the molecule is CCNC(=NCc1cccc(-c2ncn[nH]2)c1)NCCCOCC(C)C.I. The number of hydrogen-bond acceptors (Lipinski definition) is 4. The number of nitrogens with one attached hydrogen (secondary N) is 3. The van der Waals surface area contributed by atoms with E-state index in [4.69, 9.17) is 4.74 Å². The third kappa shape index (κ3) is 9.18. The Hall–Kier alpha value is -1.68. The number of nitrogens with zero attached hydrogens (tertiary/aromatic N) is 3. The molecule has 0 saturated heterocycles. The van der Waals surface area contributed by atoms with Crippen molar-refractivity contribution in [1.29, 1.82) is 0 Å². The Morgan fingerprint density at radius 3 is 2.85 bits per heavy atom. The van der Waals surface area contributed by atoms with E-state index in [1.165, 1.54) is 6.33 Å². The monoisotopic (exact) mass is 486 g/mol. The van der Waals surface area contributed by atoms with Crippen LogP contribution in [0.2, 0.25) is 0 Å². The van der Waals surface area contributed by atoms with Crippen LogP contribution in [0.4, 0.5) is 0 Å². The maximum Gasteiger partial charge on any atom is 0.191 e. The van der Waals surface area contributed by atoms with Gasteiger partial charge in [-0.05, 0) is 30.9 Å². The summed E-state index contributed by atoms with van der Waals surface area (Å²) in [7, 11) is 0. The molecule has 3 N–H and O–H groups in total. The van der Waals surface area contributed by atoms with Crippen LogP contribution in [-0.4, -0.2) is 47.4 Å². The first-order valence-electron chi connectivity index (χ1n) is 9.23. The minimum atomic E-state index is 0. The number of aromatic amines is 1. The third-order valence-electron chi connectivity index (χ3n) is 3.59. The summed E-state index contributed by atoms with van der Waals surface area (Å²) in [5, 5.41) is 13.4. The van der Waals surface area contributed by atoms with Crippen molar-refractivity contribution in [2.45, 2.75) is 33.7 Å². The molecule has 0 radical (unpaired) electrons. The molecule has 150 valence electrons. The van der Waals surface area contributed by atoms with Gasteiger partial charge in [-0.2, -0.15) is 5.10 Å². The Balaban J connectivity index is 0.00000364. The Morgan fingerprint density at radius 1 is 1.30 bits per heavy atom. The van der Waals surface area contributed by atoms with Gasteiger partial charge in [0, 0.05) is 31.9 Å². The van der Waals surface area contributed by atoms with Gasteiger partial charge in [0.1, 0.15) is 6.33 Å². The number of halogens is 1. The zero-order chi connectivity index (χ0) is 18.6. The Kier molecular flexibility index (Phi) is 11.7. The van der Waals surface area contributed by atoms with Crippen molar-refractivity contribution in [3.05, 3.63) is 36.2 Å². The first-order chi connectivity index (χ1) is 12.7. The lowest BCUT2D eigenvalue weighted by Gasteiger charge is -2.12. The van der Waals surface area contributed by atoms with E-state index in [2.05, 4.69) is 63.7 Å². The van der Waals surface area contributed by atoms with Gasteiger partial charge in [0.15, 0.2) is 11.8 Å². The number of guanidine groups is 1. The van der Waals surface area contributed by atoms with Crippen molar-refractivity contribution in [1.82, 2.24) is 25.8 Å². The zero-order valence-corrected chi connectivity index (χ0v) is 18.7. The average molecular weight is 486 g/mol. The predicted octanol–water partition coefficient (Wildman–Crippen LogP) is 3.21. The van der Waals surface area contributed by atoms with E-state index in [-0.39, 0.29) is 24.0 Å². The van der Waals surface area contributed by atoms with E-state index < -0.39 is 0 Å². The lowest BCUT2D eigenvalue weighted by atomic mass is 10.1. The van der Waals surface area contributed by atoms with Gasteiger partial charge in [0.05, 0.1) is 6.54 Å². The standard InChI is InChI=1S/C19H30N6O.HI/c1-4-20-19(21-9-6-10-26-13-15(2)3)22-12-16-7-5-8-17(11-16)18-23-14-24-25-18;/h5,7-8,11,14-15H,4,6,9-10,12-13H2,1-3H3,(H2,20,21,22)(H,23,24,25);1H. The van der Waals surface area contributed by atoms with Gasteiger partial charge >= 0.3 is 0 Å². The molecule has 27 heavy (non-hydrogen) atoms. The van der Waals surface area contributed by atoms with E-state index in [0.29, 0.717) is 12.5 Å². The molecule has 0 aliphatic carbocycles. The van der Waals surface area contributed by atoms with Crippen molar-refractivity contribution >= 4 is 29.9 Å². The van der Waals surface area contributed by atoms with Gasteiger partial charge in [0.2, 0.25) is 0 Å². The molecule has 2 rings (SSSR count). The number of rotatable bonds is 10. The first-order valence-corrected chi connectivity index (χ1v) is 9.23. The summed E-state index contributed by atoms with van der Waals surface area (Å²) in [6.45, 7) is 10.2. The summed E-state index contributed by atoms with van der Waals surface area (Å²) in [6.07, 6.45) is 2.47. The average Bonchev–Trinajstić information content (AvgIpc) is 3.17. The lowest BCUT2D eigenvalue weighted by Crippen LogP contribution is -2.38. The van der Waals surface area contributed by atoms with Crippen molar-refractivity contribution in [2.75, 3.05) is 26.3 Å². The number of benzene rings is 1. The Labute approximate surface area is 178 Å². The van der Waals surface area contributed by atoms with Gasteiger partial charge in [0.25, 0.3) is 0 Å². The normalized spacial score (nSPS) is 11.3. The minimum Gasteiger partial charge on any atom is -0.381 e. The van der Waals surface area contributed by atoms with Crippen LogP contribution in [0.3, 0.4) is 0 Å². The fourth-order valence-electron chi connectivity index (χ4n) is 2.37. The maximum absolute atomic E-state index is 5.60. The largest absolute Gasteiger partial charge is 0.381 e. The van der Waals surface area contributed by atoms with E-state index in [9.17, 15) is 0 Å². The Morgan fingerprint density at radius 2 is 2.15 bits per heavy atom. The summed E-state index contributed by atoms with van der Waals surface area (Å²) in [6, 6.07) is 8.16. The van der Waals surface area contributed by atoms with E-state index >= 15 is 0 Å². The van der Waals surface area contributed by atoms with Crippen molar-refractivity contribution < 1.29 is 4.74 Å². The van der Waals surface area contributed by atoms with Crippen LogP contribution in [0.1, 0.15) is 32.8 Å². The molecule has 0 bridgehead atoms. The van der Waals surface area contributed by atoms with Crippen LogP contribution >= 0.6 is 24.0 Å². The molecule has 0 fully saturated rings. The second-order valence-corrected chi connectivity index (χ2v) is 6.48. The molecule has 0 saturated carbocycles. The second kappa shape index (κ2) is 13.5. The number of aliphatic imine (C=N–C) groups is 1. The summed E-state index contributed by atoms with van der Waals surface area (Å²) < 4.78 is 5.60. The predicted molar refractivity (Wildman–Crippen MR) is 120 cm³/mol. The molecule has 0 spiro atoms. The number of H-pyrrole nitrogens is 1. The highest BCUT2D eigenvalue weighted by Gasteiger charge is 2.02. The summed E-state index contributed by atoms with van der Waals surface area (Å²) in [5.41, 5.74) is 2.13. The summed E-state index contributed by atoms with van der Waals surface area (Å²) in [4.78, 5) is 8.85. The quantitative estimate of drug-likeness (QED) is 0.208. The van der Waals surface area contributed by atoms with Gasteiger partial charge < -0.3 is 15.4 Å². The molecule has 0 aliphatic heterocycles. The van der Waals surface area contributed by atoms with E-state index in [1.54, 1.807) is 0 Å². The maximum atomic E-state index is 5.60. The third-order valence-corrected chi connectivity index (χ3v) is 3.59. The molecule has 0 unspecified atom stereocenters. The number of aromatic nitrogens is 3. The molecule has 0 amide bonds. The van der Waals surface area contributed by atoms with Gasteiger partial charge in [-0.15, -0.1) is 24.0 Å². The van der Waals surface area contributed by atoms with Gasteiger partial charge in [-0.3, -0.25) is 5.10 Å². The Bertz CT molecular complexity index is 660. The van der Waals surface area contributed by atoms with Crippen LogP contribution in [0.25, 0.3) is 11.4 Å². The molecule has 0 atom stereocenters. The molecule has 8 heteroatoms. The van der Waals surface area contributed by atoms with Crippen LogP contribution in [0, 0.1) is 5.92 Å². The van der Waals surface area contributed by atoms with E-state index in [0.717, 1.165) is 55.6 Å². The fourth-order valence-corrected chi connectivity index (χ4v) is 2.37. The van der Waals surface area contributed by atoms with Crippen LogP contribution in [0.5, 0.6) is 0 Å². The molecular weight excluding hydrogens is 455 g/mol. The summed E-state index contributed by atoms with van der Waals surface area (Å²) >= 11 is 0. The molecule has 7 nitrogen and oxygen atoms in total. The topological polar surface area (TPSA) is 87.2 Å². The van der Waals surface area contributed by atoms with Crippen molar-refractivity contribution in [2.24, 2.45) is 10.9 Å². The molecule has 1 heterocycles. The van der Waals surface area contributed by atoms with Crippen LogP contribution in [0.15, 0.2) is 35.6 Å². The molecule has 1 aromatic carbocycles. The van der Waals surface area contributed by atoms with Crippen molar-refractivity contribution in [3.63, 3.8) is 0 Å². The highest BCUT2D eigenvalue weighted by atomic mass is 127. The second-order valence-electron chi connectivity index (χ2n) is 6.48. The van der Waals surface area contributed by atoms with Gasteiger partial charge in [-0.25, -0.2) is 9.98 Å². The number of hydrogen-bond donors (Lipinski definition) is 3. The number of ether oxygens (including phenoxy) is 1. The first kappa shape index (κ1) is 23.4. The fraction of sp³-hybridized carbons (Fsp3) is 0.526. The van der Waals surface area contributed by atoms with Crippen LogP contribution in [-0.2, 0) is 11.3 Å². The van der Waals surface area contributed by atoms with E-state index in [1.807, 2.05) is 12.1 Å². The zero-order valence-electron chi connectivity index (χ0n) is 16.4. The smallest absolute Gasteiger partial charge is 0.191 e.